The van der Waals surface area contributed by atoms with E-state index in [4.69, 9.17) is 9.57 Å². The van der Waals surface area contributed by atoms with Gasteiger partial charge in [-0.3, -0.25) is 0 Å². The van der Waals surface area contributed by atoms with Crippen molar-refractivity contribution >= 4 is 5.97 Å². The number of halogens is 1. The molecular formula is C20H34FNO3. The van der Waals surface area contributed by atoms with E-state index in [0.717, 1.165) is 12.8 Å². The number of nitrogens with zero attached hydrogens (tertiary/aromatic N) is 1. The molecule has 0 amide bonds. The van der Waals surface area contributed by atoms with Crippen LogP contribution in [-0.4, -0.2) is 30.1 Å². The van der Waals surface area contributed by atoms with Gasteiger partial charge in [-0.1, -0.05) is 58.3 Å². The van der Waals surface area contributed by atoms with Crippen LogP contribution < -0.4 is 4.84 Å². The van der Waals surface area contributed by atoms with E-state index >= 15 is 0 Å². The molecule has 1 aromatic heterocycles. The first-order valence-corrected chi connectivity index (χ1v) is 9.80. The second kappa shape index (κ2) is 13.7. The Morgan fingerprint density at radius 1 is 1.08 bits per heavy atom. The minimum absolute atomic E-state index is 0.249. The second-order valence-electron chi connectivity index (χ2n) is 6.42. The highest BCUT2D eigenvalue weighted by molar-refractivity contribution is 5.87. The number of hydrogen-bond donors (Lipinski definition) is 0. The Labute approximate surface area is 151 Å². The standard InChI is InChI=1S/C20H34FNO3/c1-3-5-6-7-8-9-10-11-13-18(21)15-17-25-22-16-12-14-19(22)20(23)24-4-2/h12,14,16,18H,3-11,13,15,17H2,1-2H3. The number of hydrogen-bond acceptors (Lipinski definition) is 3. The molecule has 4 nitrogen and oxygen atoms in total. The Morgan fingerprint density at radius 3 is 2.44 bits per heavy atom. The molecule has 0 aromatic carbocycles. The van der Waals surface area contributed by atoms with Crippen LogP contribution in [0, 0.1) is 0 Å². The molecule has 1 rings (SSSR count). The summed E-state index contributed by atoms with van der Waals surface area (Å²) in [6.45, 7) is 4.54. The number of alkyl halides is 1. The molecule has 0 radical (unpaired) electrons. The molecule has 0 N–H and O–H groups in total. The van der Waals surface area contributed by atoms with Gasteiger partial charge in [0.25, 0.3) is 0 Å². The van der Waals surface area contributed by atoms with Crippen molar-refractivity contribution in [1.82, 2.24) is 4.73 Å². The number of carbonyl (C=O) groups is 1. The predicted molar refractivity (Wildman–Crippen MR) is 98.6 cm³/mol. The predicted octanol–water partition coefficient (Wildman–Crippen LogP) is 5.35. The minimum atomic E-state index is -0.846. The van der Waals surface area contributed by atoms with E-state index in [1.165, 1.54) is 43.3 Å². The van der Waals surface area contributed by atoms with Crippen molar-refractivity contribution in [2.75, 3.05) is 13.2 Å². The minimum Gasteiger partial charge on any atom is -0.461 e. The quantitative estimate of drug-likeness (QED) is 0.314. The molecule has 0 saturated heterocycles. The molecule has 1 heterocycles. The van der Waals surface area contributed by atoms with Crippen LogP contribution in [0.3, 0.4) is 0 Å². The fourth-order valence-electron chi connectivity index (χ4n) is 2.76. The van der Waals surface area contributed by atoms with Gasteiger partial charge in [0.05, 0.1) is 6.61 Å². The topological polar surface area (TPSA) is 40.5 Å². The molecule has 1 aromatic rings. The van der Waals surface area contributed by atoms with Gasteiger partial charge < -0.3 is 9.57 Å². The molecule has 0 aliphatic heterocycles. The van der Waals surface area contributed by atoms with E-state index in [2.05, 4.69) is 6.92 Å². The van der Waals surface area contributed by atoms with E-state index in [0.29, 0.717) is 25.1 Å². The summed E-state index contributed by atoms with van der Waals surface area (Å²) in [5.41, 5.74) is 0.334. The largest absolute Gasteiger partial charge is 0.461 e. The SMILES string of the molecule is CCCCCCCCCCC(F)CCOn1cccc1C(=O)OCC. The molecule has 0 saturated carbocycles. The van der Waals surface area contributed by atoms with Crippen LogP contribution in [0.15, 0.2) is 18.3 Å². The van der Waals surface area contributed by atoms with Gasteiger partial charge in [-0.15, -0.1) is 0 Å². The maximum Gasteiger partial charge on any atom is 0.358 e. The van der Waals surface area contributed by atoms with Crippen LogP contribution in [0.5, 0.6) is 0 Å². The third-order valence-electron chi connectivity index (χ3n) is 4.23. The first-order valence-electron chi connectivity index (χ1n) is 9.80. The number of ether oxygens (including phenoxy) is 1. The Kier molecular flexibility index (Phi) is 11.8. The average molecular weight is 355 g/mol. The van der Waals surface area contributed by atoms with Gasteiger partial charge in [0, 0.05) is 12.6 Å². The van der Waals surface area contributed by atoms with Gasteiger partial charge in [-0.05, 0) is 25.5 Å². The summed E-state index contributed by atoms with van der Waals surface area (Å²) in [6.07, 6.45) is 11.5. The van der Waals surface area contributed by atoms with E-state index in [-0.39, 0.29) is 6.61 Å². The zero-order valence-electron chi connectivity index (χ0n) is 15.8. The fraction of sp³-hybridized carbons (Fsp3) is 0.750. The molecule has 144 valence electrons. The van der Waals surface area contributed by atoms with Crippen molar-refractivity contribution in [3.63, 3.8) is 0 Å². The first-order chi connectivity index (χ1) is 12.2. The summed E-state index contributed by atoms with van der Waals surface area (Å²) in [6, 6.07) is 3.34. The van der Waals surface area contributed by atoms with Crippen molar-refractivity contribution in [2.45, 2.75) is 84.2 Å². The molecule has 0 aliphatic rings. The fourth-order valence-corrected chi connectivity index (χ4v) is 2.76. The zero-order valence-corrected chi connectivity index (χ0v) is 15.8. The van der Waals surface area contributed by atoms with Crippen LogP contribution >= 0.6 is 0 Å². The molecule has 25 heavy (non-hydrogen) atoms. The third kappa shape index (κ3) is 9.51. The maximum atomic E-state index is 13.9. The summed E-state index contributed by atoms with van der Waals surface area (Å²) in [5.74, 6) is -0.428. The molecule has 1 atom stereocenters. The Bertz CT molecular complexity index is 462. The van der Waals surface area contributed by atoms with E-state index < -0.39 is 12.1 Å². The van der Waals surface area contributed by atoms with Gasteiger partial charge in [0.15, 0.2) is 5.69 Å². The molecule has 0 bridgehead atoms. The first kappa shape index (κ1) is 21.5. The van der Waals surface area contributed by atoms with Gasteiger partial charge in [0.1, 0.15) is 12.8 Å². The summed E-state index contributed by atoms with van der Waals surface area (Å²) in [4.78, 5) is 17.2. The van der Waals surface area contributed by atoms with Crippen LogP contribution in [0.4, 0.5) is 4.39 Å². The number of rotatable bonds is 15. The van der Waals surface area contributed by atoms with Crippen molar-refractivity contribution in [3.8, 4) is 0 Å². The molecule has 0 fully saturated rings. The van der Waals surface area contributed by atoms with Gasteiger partial charge in [-0.2, -0.15) is 4.73 Å². The Morgan fingerprint density at radius 2 is 1.76 bits per heavy atom. The highest BCUT2D eigenvalue weighted by Crippen LogP contribution is 2.13. The van der Waals surface area contributed by atoms with Crippen LogP contribution in [-0.2, 0) is 4.74 Å². The lowest BCUT2D eigenvalue weighted by atomic mass is 10.1. The zero-order chi connectivity index (χ0) is 18.3. The molecule has 1 unspecified atom stereocenters. The van der Waals surface area contributed by atoms with E-state index in [1.54, 1.807) is 25.3 Å². The normalized spacial score (nSPS) is 12.1. The lowest BCUT2D eigenvalue weighted by molar-refractivity contribution is 0.0422. The lowest BCUT2D eigenvalue weighted by Crippen LogP contribution is -2.20. The van der Waals surface area contributed by atoms with Crippen LogP contribution in [0.25, 0.3) is 0 Å². The molecule has 5 heteroatoms. The highest BCUT2D eigenvalue weighted by Gasteiger charge is 2.13. The summed E-state index contributed by atoms with van der Waals surface area (Å²) in [5, 5.41) is 0. The van der Waals surface area contributed by atoms with Crippen molar-refractivity contribution < 1.29 is 18.8 Å². The van der Waals surface area contributed by atoms with E-state index in [9.17, 15) is 9.18 Å². The molecule has 0 aliphatic carbocycles. The Balaban J connectivity index is 2.08. The average Bonchev–Trinajstić information content (AvgIpc) is 3.06. The van der Waals surface area contributed by atoms with Crippen LogP contribution in [0.2, 0.25) is 0 Å². The highest BCUT2D eigenvalue weighted by atomic mass is 19.1. The smallest absolute Gasteiger partial charge is 0.358 e. The Hall–Kier alpha value is -1.52. The third-order valence-corrected chi connectivity index (χ3v) is 4.23. The number of aromatic nitrogens is 1. The summed E-state index contributed by atoms with van der Waals surface area (Å²) < 4.78 is 20.2. The molecule has 0 spiro atoms. The maximum absolute atomic E-state index is 13.9. The van der Waals surface area contributed by atoms with E-state index in [1.807, 2.05) is 0 Å². The van der Waals surface area contributed by atoms with Gasteiger partial charge >= 0.3 is 5.97 Å². The monoisotopic (exact) mass is 355 g/mol. The molecular weight excluding hydrogens is 321 g/mol. The summed E-state index contributed by atoms with van der Waals surface area (Å²) >= 11 is 0. The van der Waals surface area contributed by atoms with Crippen molar-refractivity contribution in [1.29, 1.82) is 0 Å². The van der Waals surface area contributed by atoms with Crippen molar-refractivity contribution in [2.24, 2.45) is 0 Å². The van der Waals surface area contributed by atoms with Gasteiger partial charge in [0.2, 0.25) is 0 Å². The van der Waals surface area contributed by atoms with Gasteiger partial charge in [-0.25, -0.2) is 9.18 Å². The summed E-state index contributed by atoms with van der Waals surface area (Å²) in [7, 11) is 0. The van der Waals surface area contributed by atoms with Crippen LogP contribution in [0.1, 0.15) is 88.5 Å². The lowest BCUT2D eigenvalue weighted by Gasteiger charge is -2.12. The number of carbonyl (C=O) groups excluding carboxylic acids is 1. The van der Waals surface area contributed by atoms with Crippen molar-refractivity contribution in [3.05, 3.63) is 24.0 Å². The number of unbranched alkanes of at least 4 members (excludes halogenated alkanes) is 7. The number of esters is 1. The second-order valence-corrected chi connectivity index (χ2v) is 6.42.